The minimum Gasteiger partial charge on any atom is -0.339 e. The van der Waals surface area contributed by atoms with Crippen molar-refractivity contribution in [3.05, 3.63) is 48.2 Å². The first kappa shape index (κ1) is 20.5. The molecule has 166 valence electrons. The summed E-state index contributed by atoms with van der Waals surface area (Å²) in [5.41, 5.74) is 1.86. The van der Waals surface area contributed by atoms with Gasteiger partial charge in [-0.15, -0.1) is 0 Å². The lowest BCUT2D eigenvalue weighted by Crippen LogP contribution is -2.59. The molecule has 2 aromatic heterocycles. The van der Waals surface area contributed by atoms with Crippen molar-refractivity contribution >= 4 is 17.4 Å². The Morgan fingerprint density at radius 1 is 1.22 bits per heavy atom. The van der Waals surface area contributed by atoms with Gasteiger partial charge in [0.2, 0.25) is 11.9 Å². The van der Waals surface area contributed by atoms with Crippen LogP contribution in [-0.2, 0) is 4.79 Å². The standard InChI is InChI=1S/C23H24F2N6O/c1-4-18-22(32)29(3)19-12-27-23(28-21(19)31(18)16-10-15(24)11-16)30-8-7-26-20(30)14-5-6-17(25)13(2)9-14/h5-9,12,15-16,18H,4,10-11H2,1-3H3. The Balaban J connectivity index is 1.61. The van der Waals surface area contributed by atoms with Crippen LogP contribution in [-0.4, -0.2) is 50.7 Å². The van der Waals surface area contributed by atoms with Gasteiger partial charge in [-0.25, -0.2) is 18.7 Å². The van der Waals surface area contributed by atoms with Gasteiger partial charge in [0.25, 0.3) is 0 Å². The van der Waals surface area contributed by atoms with Crippen molar-refractivity contribution in [2.24, 2.45) is 0 Å². The fourth-order valence-electron chi connectivity index (χ4n) is 4.52. The predicted octanol–water partition coefficient (Wildman–Crippen LogP) is 3.84. The molecule has 0 radical (unpaired) electrons. The Morgan fingerprint density at radius 3 is 2.69 bits per heavy atom. The second kappa shape index (κ2) is 7.65. The Kier molecular flexibility index (Phi) is 4.91. The number of carbonyl (C=O) groups is 1. The average molecular weight is 438 g/mol. The van der Waals surface area contributed by atoms with Crippen molar-refractivity contribution in [1.82, 2.24) is 19.5 Å². The summed E-state index contributed by atoms with van der Waals surface area (Å²) in [5, 5.41) is 0. The number of hydrogen-bond donors (Lipinski definition) is 0. The van der Waals surface area contributed by atoms with Crippen LogP contribution in [0.4, 0.5) is 20.3 Å². The molecule has 0 N–H and O–H groups in total. The maximum atomic E-state index is 13.8. The highest BCUT2D eigenvalue weighted by atomic mass is 19.1. The number of fused-ring (bicyclic) bond motifs is 1. The van der Waals surface area contributed by atoms with E-state index in [0.29, 0.717) is 48.1 Å². The quantitative estimate of drug-likeness (QED) is 0.619. The lowest BCUT2D eigenvalue weighted by Gasteiger charge is -2.48. The van der Waals surface area contributed by atoms with Crippen molar-refractivity contribution < 1.29 is 13.6 Å². The largest absolute Gasteiger partial charge is 0.339 e. The van der Waals surface area contributed by atoms with E-state index in [2.05, 4.69) is 9.97 Å². The number of anilines is 2. The van der Waals surface area contributed by atoms with Crippen molar-refractivity contribution in [3.8, 4) is 17.3 Å². The molecule has 2 aliphatic rings. The SMILES string of the molecule is CCC1C(=O)N(C)c2cnc(-n3ccnc3-c3ccc(F)c(C)c3)nc2N1C1CC(F)C1. The summed E-state index contributed by atoms with van der Waals surface area (Å²) in [5.74, 6) is 1.27. The fourth-order valence-corrected chi connectivity index (χ4v) is 4.52. The van der Waals surface area contributed by atoms with Gasteiger partial charge >= 0.3 is 0 Å². The Morgan fingerprint density at radius 2 is 2.00 bits per heavy atom. The fraction of sp³-hybridized carbons (Fsp3) is 0.391. The number of rotatable bonds is 4. The van der Waals surface area contributed by atoms with Gasteiger partial charge in [-0.3, -0.25) is 9.36 Å². The summed E-state index contributed by atoms with van der Waals surface area (Å²) in [7, 11) is 1.72. The summed E-state index contributed by atoms with van der Waals surface area (Å²) in [6.45, 7) is 3.65. The molecule has 1 amide bonds. The van der Waals surface area contributed by atoms with Crippen LogP contribution in [0.5, 0.6) is 0 Å². The Hall–Kier alpha value is -3.36. The van der Waals surface area contributed by atoms with Crippen LogP contribution >= 0.6 is 0 Å². The van der Waals surface area contributed by atoms with E-state index in [1.807, 2.05) is 11.8 Å². The van der Waals surface area contributed by atoms with E-state index in [0.717, 1.165) is 5.56 Å². The first-order valence-corrected chi connectivity index (χ1v) is 10.8. The van der Waals surface area contributed by atoms with E-state index >= 15 is 0 Å². The molecule has 1 aromatic carbocycles. The number of imidazole rings is 1. The smallest absolute Gasteiger partial charge is 0.249 e. The number of likely N-dealkylation sites (N-methyl/N-ethyl adjacent to an activating group) is 1. The van der Waals surface area contributed by atoms with Gasteiger partial charge in [0.05, 0.1) is 6.20 Å². The third-order valence-electron chi connectivity index (χ3n) is 6.40. The molecule has 1 saturated carbocycles. The number of hydrogen-bond acceptors (Lipinski definition) is 5. The van der Waals surface area contributed by atoms with Crippen LogP contribution in [0.3, 0.4) is 0 Å². The minimum absolute atomic E-state index is 0.0382. The van der Waals surface area contributed by atoms with Gasteiger partial charge in [-0.2, -0.15) is 4.98 Å². The van der Waals surface area contributed by atoms with E-state index in [-0.39, 0.29) is 17.8 Å². The molecule has 1 unspecified atom stereocenters. The Bertz CT molecular complexity index is 1190. The van der Waals surface area contributed by atoms with Crippen LogP contribution in [0.25, 0.3) is 17.3 Å². The number of halogens is 2. The van der Waals surface area contributed by atoms with Gasteiger partial charge in [0, 0.05) is 31.0 Å². The van der Waals surface area contributed by atoms with Crippen LogP contribution in [0.1, 0.15) is 31.7 Å². The molecular formula is C23H24F2N6O. The second-order valence-corrected chi connectivity index (χ2v) is 8.41. The zero-order chi connectivity index (χ0) is 22.6. The highest BCUT2D eigenvalue weighted by molar-refractivity contribution is 6.04. The van der Waals surface area contributed by atoms with Crippen molar-refractivity contribution in [3.63, 3.8) is 0 Å². The van der Waals surface area contributed by atoms with Gasteiger partial charge in [0.15, 0.2) is 5.82 Å². The summed E-state index contributed by atoms with van der Waals surface area (Å²) in [6.07, 6.45) is 5.53. The van der Waals surface area contributed by atoms with Crippen LogP contribution < -0.4 is 9.80 Å². The second-order valence-electron chi connectivity index (χ2n) is 8.41. The first-order chi connectivity index (χ1) is 15.4. The molecule has 1 fully saturated rings. The zero-order valence-electron chi connectivity index (χ0n) is 18.2. The molecule has 1 aliphatic carbocycles. The summed E-state index contributed by atoms with van der Waals surface area (Å²) in [4.78, 5) is 30.2. The van der Waals surface area contributed by atoms with E-state index in [4.69, 9.17) is 4.98 Å². The molecule has 3 heterocycles. The molecule has 7 nitrogen and oxygen atoms in total. The van der Waals surface area contributed by atoms with E-state index in [9.17, 15) is 13.6 Å². The van der Waals surface area contributed by atoms with Crippen molar-refractivity contribution in [1.29, 1.82) is 0 Å². The van der Waals surface area contributed by atoms with Gasteiger partial charge in [0.1, 0.15) is 29.5 Å². The van der Waals surface area contributed by atoms with E-state index in [1.54, 1.807) is 54.2 Å². The third kappa shape index (κ3) is 3.14. The van der Waals surface area contributed by atoms with Gasteiger partial charge in [-0.05, 0) is 49.9 Å². The lowest BCUT2D eigenvalue weighted by atomic mass is 9.87. The number of alkyl halides is 1. The Labute approximate surface area is 184 Å². The number of benzene rings is 1. The maximum Gasteiger partial charge on any atom is 0.249 e. The third-order valence-corrected chi connectivity index (χ3v) is 6.40. The molecule has 0 spiro atoms. The molecular weight excluding hydrogens is 414 g/mol. The van der Waals surface area contributed by atoms with Crippen LogP contribution in [0, 0.1) is 12.7 Å². The molecule has 0 bridgehead atoms. The molecule has 1 atom stereocenters. The lowest BCUT2D eigenvalue weighted by molar-refractivity contribution is -0.120. The normalized spacial score (nSPS) is 22.7. The number of aromatic nitrogens is 4. The van der Waals surface area contributed by atoms with Crippen LogP contribution in [0.2, 0.25) is 0 Å². The van der Waals surface area contributed by atoms with Gasteiger partial charge < -0.3 is 9.80 Å². The maximum absolute atomic E-state index is 13.8. The highest BCUT2D eigenvalue weighted by Gasteiger charge is 2.45. The molecule has 3 aromatic rings. The summed E-state index contributed by atoms with van der Waals surface area (Å²) < 4.78 is 29.2. The minimum atomic E-state index is -0.848. The van der Waals surface area contributed by atoms with Gasteiger partial charge in [-0.1, -0.05) is 6.92 Å². The molecule has 9 heteroatoms. The van der Waals surface area contributed by atoms with Crippen molar-refractivity contribution in [2.45, 2.75) is 51.4 Å². The molecule has 32 heavy (non-hydrogen) atoms. The number of amides is 1. The zero-order valence-corrected chi connectivity index (χ0v) is 18.2. The van der Waals surface area contributed by atoms with Crippen LogP contribution in [0.15, 0.2) is 36.8 Å². The van der Waals surface area contributed by atoms with E-state index in [1.165, 1.54) is 6.07 Å². The molecule has 5 rings (SSSR count). The average Bonchev–Trinajstić information content (AvgIpc) is 3.25. The highest BCUT2D eigenvalue weighted by Crippen LogP contribution is 2.41. The molecule has 0 saturated heterocycles. The summed E-state index contributed by atoms with van der Waals surface area (Å²) >= 11 is 0. The number of aryl methyl sites for hydroxylation is 1. The monoisotopic (exact) mass is 438 g/mol. The summed E-state index contributed by atoms with van der Waals surface area (Å²) in [6, 6.07) is 4.34. The van der Waals surface area contributed by atoms with E-state index < -0.39 is 12.2 Å². The topological polar surface area (TPSA) is 67.2 Å². The first-order valence-electron chi connectivity index (χ1n) is 10.8. The van der Waals surface area contributed by atoms with Crippen molar-refractivity contribution in [2.75, 3.05) is 16.8 Å². The number of carbonyl (C=O) groups excluding carboxylic acids is 1. The molecule has 1 aliphatic heterocycles. The predicted molar refractivity (Wildman–Crippen MR) is 117 cm³/mol. The number of nitrogens with zero attached hydrogens (tertiary/aromatic N) is 6.